The molecular weight excluding hydrogens is 343 g/mol. The molecule has 2 atom stereocenters. The third-order valence-electron chi connectivity index (χ3n) is 3.52. The SMILES string of the molecule is CC[C@H](OC(=O)[C@@](OC)(c1ccccc1)C(F)(F)F)c1nccs1. The van der Waals surface area contributed by atoms with Crippen LogP contribution in [0.3, 0.4) is 0 Å². The lowest BCUT2D eigenvalue weighted by molar-refractivity contribution is -0.278. The molecule has 0 amide bonds. The minimum absolute atomic E-state index is 0.297. The molecule has 1 aromatic carbocycles. The Morgan fingerprint density at radius 2 is 1.96 bits per heavy atom. The molecule has 0 saturated carbocycles. The molecule has 0 aliphatic rings. The molecule has 2 rings (SSSR count). The van der Waals surface area contributed by atoms with Gasteiger partial charge in [0.25, 0.3) is 5.60 Å². The third kappa shape index (κ3) is 3.29. The van der Waals surface area contributed by atoms with Crippen molar-refractivity contribution in [3.05, 3.63) is 52.5 Å². The van der Waals surface area contributed by atoms with Gasteiger partial charge in [0, 0.05) is 24.3 Å². The number of hydrogen-bond acceptors (Lipinski definition) is 5. The number of carbonyl (C=O) groups excluding carboxylic acids is 1. The van der Waals surface area contributed by atoms with E-state index < -0.39 is 23.9 Å². The highest BCUT2D eigenvalue weighted by Crippen LogP contribution is 2.44. The Labute approximate surface area is 141 Å². The number of esters is 1. The molecular formula is C16H16F3NO3S. The number of hydrogen-bond donors (Lipinski definition) is 0. The Morgan fingerprint density at radius 1 is 1.29 bits per heavy atom. The summed E-state index contributed by atoms with van der Waals surface area (Å²) in [7, 11) is 0.839. The Morgan fingerprint density at radius 3 is 2.42 bits per heavy atom. The monoisotopic (exact) mass is 359 g/mol. The van der Waals surface area contributed by atoms with Crippen LogP contribution in [0.25, 0.3) is 0 Å². The summed E-state index contributed by atoms with van der Waals surface area (Å²) in [6.45, 7) is 1.70. The maximum absolute atomic E-state index is 13.8. The Kier molecular flexibility index (Phi) is 5.61. The fourth-order valence-corrected chi connectivity index (χ4v) is 3.05. The van der Waals surface area contributed by atoms with Crippen LogP contribution in [0.15, 0.2) is 41.9 Å². The molecule has 0 radical (unpaired) electrons. The first-order chi connectivity index (χ1) is 11.4. The predicted molar refractivity (Wildman–Crippen MR) is 82.4 cm³/mol. The van der Waals surface area contributed by atoms with Crippen molar-refractivity contribution in [3.63, 3.8) is 0 Å². The van der Waals surface area contributed by atoms with E-state index in [1.807, 2.05) is 0 Å². The molecule has 4 nitrogen and oxygen atoms in total. The van der Waals surface area contributed by atoms with Gasteiger partial charge in [-0.25, -0.2) is 9.78 Å². The Balaban J connectivity index is 2.42. The maximum Gasteiger partial charge on any atom is 0.432 e. The number of carbonyl (C=O) groups is 1. The first-order valence-electron chi connectivity index (χ1n) is 7.14. The van der Waals surface area contributed by atoms with Crippen molar-refractivity contribution in [2.45, 2.75) is 31.2 Å². The van der Waals surface area contributed by atoms with Crippen molar-refractivity contribution in [1.82, 2.24) is 4.98 Å². The summed E-state index contributed by atoms with van der Waals surface area (Å²) >= 11 is 1.21. The summed E-state index contributed by atoms with van der Waals surface area (Å²) in [6.07, 6.45) is -4.05. The van der Waals surface area contributed by atoms with E-state index in [1.54, 1.807) is 18.4 Å². The number of methoxy groups -OCH3 is 1. The molecule has 24 heavy (non-hydrogen) atoms. The van der Waals surface area contributed by atoms with Gasteiger partial charge in [0.2, 0.25) is 0 Å². The van der Waals surface area contributed by atoms with Crippen LogP contribution in [-0.4, -0.2) is 24.2 Å². The number of aromatic nitrogens is 1. The maximum atomic E-state index is 13.8. The Bertz CT molecular complexity index is 661. The second kappa shape index (κ2) is 7.31. The molecule has 0 unspecified atom stereocenters. The van der Waals surface area contributed by atoms with Crippen molar-refractivity contribution in [3.8, 4) is 0 Å². The van der Waals surface area contributed by atoms with Gasteiger partial charge in [-0.3, -0.25) is 0 Å². The first kappa shape index (κ1) is 18.4. The lowest BCUT2D eigenvalue weighted by Crippen LogP contribution is -2.52. The molecule has 0 spiro atoms. The fourth-order valence-electron chi connectivity index (χ4n) is 2.30. The second-order valence-corrected chi connectivity index (χ2v) is 5.85. The highest BCUT2D eigenvalue weighted by atomic mass is 32.1. The summed E-state index contributed by atoms with van der Waals surface area (Å²) in [5, 5.41) is 2.10. The van der Waals surface area contributed by atoms with Gasteiger partial charge in [-0.05, 0) is 6.42 Å². The van der Waals surface area contributed by atoms with Crippen LogP contribution >= 0.6 is 11.3 Å². The van der Waals surface area contributed by atoms with E-state index >= 15 is 0 Å². The number of alkyl halides is 3. The largest absolute Gasteiger partial charge is 0.452 e. The van der Waals surface area contributed by atoms with E-state index in [-0.39, 0.29) is 5.56 Å². The predicted octanol–water partition coefficient (Wildman–Crippen LogP) is 4.24. The summed E-state index contributed by atoms with van der Waals surface area (Å²) in [6, 6.07) is 6.72. The lowest BCUT2D eigenvalue weighted by Gasteiger charge is -2.33. The number of ether oxygens (including phenoxy) is 2. The van der Waals surface area contributed by atoms with Crippen molar-refractivity contribution >= 4 is 17.3 Å². The summed E-state index contributed by atoms with van der Waals surface area (Å²) in [5.41, 5.74) is -3.52. The van der Waals surface area contributed by atoms with Crippen molar-refractivity contribution < 1.29 is 27.4 Å². The molecule has 0 N–H and O–H groups in total. The number of halogens is 3. The molecule has 0 saturated heterocycles. The van der Waals surface area contributed by atoms with Gasteiger partial charge in [0.15, 0.2) is 6.10 Å². The second-order valence-electron chi connectivity index (χ2n) is 4.92. The first-order valence-corrected chi connectivity index (χ1v) is 8.02. The number of nitrogens with zero attached hydrogens (tertiary/aromatic N) is 1. The smallest absolute Gasteiger partial charge is 0.432 e. The van der Waals surface area contributed by atoms with Crippen molar-refractivity contribution in [2.75, 3.05) is 7.11 Å². The summed E-state index contributed by atoms with van der Waals surface area (Å²) in [5.74, 6) is -1.51. The van der Waals surface area contributed by atoms with Gasteiger partial charge in [0.1, 0.15) is 5.01 Å². The fraction of sp³-hybridized carbons (Fsp3) is 0.375. The van der Waals surface area contributed by atoms with Crippen LogP contribution in [0.5, 0.6) is 0 Å². The van der Waals surface area contributed by atoms with Gasteiger partial charge in [-0.1, -0.05) is 37.3 Å². The minimum atomic E-state index is -4.98. The summed E-state index contributed by atoms with van der Waals surface area (Å²) in [4.78, 5) is 16.5. The molecule has 0 aliphatic heterocycles. The van der Waals surface area contributed by atoms with Crippen LogP contribution in [0.1, 0.15) is 30.0 Å². The lowest BCUT2D eigenvalue weighted by atomic mass is 9.92. The van der Waals surface area contributed by atoms with Crippen LogP contribution in [0, 0.1) is 0 Å². The van der Waals surface area contributed by atoms with Gasteiger partial charge < -0.3 is 9.47 Å². The van der Waals surface area contributed by atoms with Crippen LogP contribution < -0.4 is 0 Å². The van der Waals surface area contributed by atoms with Crippen molar-refractivity contribution in [2.24, 2.45) is 0 Å². The zero-order valence-electron chi connectivity index (χ0n) is 13.0. The molecule has 0 aliphatic carbocycles. The van der Waals surface area contributed by atoms with Gasteiger partial charge in [-0.2, -0.15) is 13.2 Å². The van der Waals surface area contributed by atoms with E-state index in [0.29, 0.717) is 11.4 Å². The van der Waals surface area contributed by atoms with E-state index in [2.05, 4.69) is 4.98 Å². The molecule has 0 fully saturated rings. The van der Waals surface area contributed by atoms with Crippen LogP contribution in [-0.2, 0) is 19.9 Å². The normalized spacial score (nSPS) is 15.5. The highest BCUT2D eigenvalue weighted by molar-refractivity contribution is 7.09. The van der Waals surface area contributed by atoms with Gasteiger partial charge >= 0.3 is 12.1 Å². The topological polar surface area (TPSA) is 48.4 Å². The van der Waals surface area contributed by atoms with E-state index in [9.17, 15) is 18.0 Å². The number of rotatable bonds is 6. The summed E-state index contributed by atoms with van der Waals surface area (Å²) < 4.78 is 51.2. The molecule has 8 heteroatoms. The average molecular weight is 359 g/mol. The van der Waals surface area contributed by atoms with Crippen LogP contribution in [0.4, 0.5) is 13.2 Å². The minimum Gasteiger partial charge on any atom is -0.452 e. The van der Waals surface area contributed by atoms with E-state index in [1.165, 1.54) is 41.8 Å². The quantitative estimate of drug-likeness (QED) is 0.724. The third-order valence-corrected chi connectivity index (χ3v) is 4.39. The number of benzene rings is 1. The molecule has 2 aromatic rings. The average Bonchev–Trinajstić information content (AvgIpc) is 3.07. The zero-order valence-corrected chi connectivity index (χ0v) is 13.9. The molecule has 130 valence electrons. The Hall–Kier alpha value is -1.93. The standard InChI is InChI=1S/C16H16F3NO3S/c1-3-12(13-20-9-10-24-13)23-14(21)15(22-2,16(17,18)19)11-7-5-4-6-8-11/h4-10,12H,3H2,1-2H3/t12-,15-/m0/s1. The number of thiazole rings is 1. The van der Waals surface area contributed by atoms with Crippen LogP contribution in [0.2, 0.25) is 0 Å². The van der Waals surface area contributed by atoms with Gasteiger partial charge in [0.05, 0.1) is 0 Å². The van der Waals surface area contributed by atoms with Gasteiger partial charge in [-0.15, -0.1) is 11.3 Å². The highest BCUT2D eigenvalue weighted by Gasteiger charge is 2.64. The van der Waals surface area contributed by atoms with E-state index in [4.69, 9.17) is 9.47 Å². The molecule has 0 bridgehead atoms. The van der Waals surface area contributed by atoms with Crippen molar-refractivity contribution in [1.29, 1.82) is 0 Å². The zero-order chi connectivity index (χ0) is 17.8. The van der Waals surface area contributed by atoms with E-state index in [0.717, 1.165) is 7.11 Å². The molecule has 1 heterocycles. The molecule has 1 aromatic heterocycles.